The Morgan fingerprint density at radius 1 is 1.50 bits per heavy atom. The van der Waals surface area contributed by atoms with Gasteiger partial charge in [-0.1, -0.05) is 6.92 Å². The summed E-state index contributed by atoms with van der Waals surface area (Å²) in [6.45, 7) is 4.66. The summed E-state index contributed by atoms with van der Waals surface area (Å²) in [6.07, 6.45) is 0. The fourth-order valence-electron chi connectivity index (χ4n) is 2.43. The molecule has 0 aliphatic carbocycles. The predicted molar refractivity (Wildman–Crippen MR) is 69.8 cm³/mol. The first kappa shape index (κ1) is 14.3. The average Bonchev–Trinajstić information content (AvgIpc) is 2.94. The van der Waals surface area contributed by atoms with Crippen LogP contribution in [0.2, 0.25) is 0 Å². The number of urea groups is 1. The van der Waals surface area contributed by atoms with E-state index in [0.29, 0.717) is 24.7 Å². The molecule has 2 N–H and O–H groups in total. The summed E-state index contributed by atoms with van der Waals surface area (Å²) in [7, 11) is 1.66. The lowest BCUT2D eigenvalue weighted by molar-refractivity contribution is -0.142. The van der Waals surface area contributed by atoms with Crippen molar-refractivity contribution in [2.24, 2.45) is 11.8 Å². The number of aromatic amines is 1. The zero-order valence-electron chi connectivity index (χ0n) is 11.8. The van der Waals surface area contributed by atoms with Gasteiger partial charge in [-0.25, -0.2) is 9.78 Å². The highest BCUT2D eigenvalue weighted by Gasteiger charge is 2.37. The molecule has 20 heavy (non-hydrogen) atoms. The summed E-state index contributed by atoms with van der Waals surface area (Å²) in [5.41, 5.74) is 0. The van der Waals surface area contributed by atoms with E-state index in [-0.39, 0.29) is 18.5 Å². The minimum absolute atomic E-state index is 0.0318. The minimum atomic E-state index is -0.847. The number of hydrogen-bond donors (Lipinski definition) is 2. The number of carbonyl (C=O) groups is 2. The summed E-state index contributed by atoms with van der Waals surface area (Å²) in [5.74, 6) is -0.129. The van der Waals surface area contributed by atoms with Crippen LogP contribution in [0, 0.1) is 18.8 Å². The van der Waals surface area contributed by atoms with Crippen molar-refractivity contribution in [3.8, 4) is 0 Å². The molecule has 0 saturated carbocycles. The molecule has 1 aromatic heterocycles. The number of carboxylic acid groups (broad SMARTS) is 1. The van der Waals surface area contributed by atoms with Crippen LogP contribution in [0.4, 0.5) is 4.79 Å². The van der Waals surface area contributed by atoms with Gasteiger partial charge in [-0.2, -0.15) is 5.10 Å². The van der Waals surface area contributed by atoms with E-state index in [9.17, 15) is 9.59 Å². The third-order valence-corrected chi connectivity index (χ3v) is 3.55. The van der Waals surface area contributed by atoms with Crippen LogP contribution in [0.1, 0.15) is 18.6 Å². The molecule has 0 aromatic carbocycles. The van der Waals surface area contributed by atoms with Gasteiger partial charge < -0.3 is 14.9 Å². The number of nitrogens with zero attached hydrogens (tertiary/aromatic N) is 4. The standard InChI is InChI=1S/C12H19N5O3/c1-7-4-17(5-9(7)11(18)19)12(20)16(3)6-10-13-8(2)14-15-10/h7,9H,4-6H2,1-3H3,(H,18,19)(H,13,14,15)/t7-,9-/m1/s1. The van der Waals surface area contributed by atoms with E-state index in [4.69, 9.17) is 5.11 Å². The zero-order valence-corrected chi connectivity index (χ0v) is 11.8. The van der Waals surface area contributed by atoms with Gasteiger partial charge in [0, 0.05) is 20.1 Å². The first-order valence-electron chi connectivity index (χ1n) is 6.49. The molecule has 2 rings (SSSR count). The average molecular weight is 281 g/mol. The largest absolute Gasteiger partial charge is 0.481 e. The van der Waals surface area contributed by atoms with E-state index in [1.54, 1.807) is 18.9 Å². The Morgan fingerprint density at radius 2 is 2.20 bits per heavy atom. The second-order valence-corrected chi connectivity index (χ2v) is 5.30. The van der Waals surface area contributed by atoms with Crippen LogP contribution in [0.25, 0.3) is 0 Å². The molecule has 8 nitrogen and oxygen atoms in total. The van der Waals surface area contributed by atoms with Gasteiger partial charge in [0.2, 0.25) is 0 Å². The van der Waals surface area contributed by atoms with Crippen LogP contribution in [0.15, 0.2) is 0 Å². The summed E-state index contributed by atoms with van der Waals surface area (Å²) in [4.78, 5) is 30.5. The summed E-state index contributed by atoms with van der Waals surface area (Å²) in [5, 5.41) is 15.8. The van der Waals surface area contributed by atoms with Crippen molar-refractivity contribution in [1.82, 2.24) is 25.0 Å². The van der Waals surface area contributed by atoms with Gasteiger partial charge >= 0.3 is 12.0 Å². The van der Waals surface area contributed by atoms with Crippen molar-refractivity contribution < 1.29 is 14.7 Å². The number of aliphatic carboxylic acids is 1. The molecule has 0 radical (unpaired) electrons. The van der Waals surface area contributed by atoms with E-state index in [1.165, 1.54) is 4.90 Å². The molecular weight excluding hydrogens is 262 g/mol. The van der Waals surface area contributed by atoms with Crippen LogP contribution in [0.3, 0.4) is 0 Å². The maximum absolute atomic E-state index is 12.3. The molecule has 2 heterocycles. The zero-order chi connectivity index (χ0) is 14.9. The Bertz CT molecular complexity index is 515. The van der Waals surface area contributed by atoms with Crippen molar-refractivity contribution in [1.29, 1.82) is 0 Å². The second-order valence-electron chi connectivity index (χ2n) is 5.30. The van der Waals surface area contributed by atoms with Crippen molar-refractivity contribution in [3.63, 3.8) is 0 Å². The Kier molecular flexibility index (Phi) is 3.91. The maximum Gasteiger partial charge on any atom is 0.320 e. The number of H-pyrrole nitrogens is 1. The van der Waals surface area contributed by atoms with Gasteiger partial charge in [0.15, 0.2) is 5.82 Å². The van der Waals surface area contributed by atoms with Gasteiger partial charge in [-0.05, 0) is 12.8 Å². The van der Waals surface area contributed by atoms with E-state index in [1.807, 2.05) is 6.92 Å². The van der Waals surface area contributed by atoms with E-state index >= 15 is 0 Å². The normalized spacial score (nSPS) is 22.1. The highest BCUT2D eigenvalue weighted by atomic mass is 16.4. The number of amides is 2. The van der Waals surface area contributed by atoms with Crippen LogP contribution in [-0.4, -0.2) is 62.2 Å². The number of likely N-dealkylation sites (tertiary alicyclic amines) is 1. The molecule has 1 fully saturated rings. The number of hydrogen-bond acceptors (Lipinski definition) is 4. The Labute approximate surface area is 116 Å². The molecule has 2 amide bonds. The molecule has 1 saturated heterocycles. The lowest BCUT2D eigenvalue weighted by atomic mass is 9.99. The van der Waals surface area contributed by atoms with E-state index in [0.717, 1.165) is 0 Å². The van der Waals surface area contributed by atoms with Crippen LogP contribution < -0.4 is 0 Å². The fraction of sp³-hybridized carbons (Fsp3) is 0.667. The van der Waals surface area contributed by atoms with Crippen LogP contribution in [0.5, 0.6) is 0 Å². The topological polar surface area (TPSA) is 102 Å². The van der Waals surface area contributed by atoms with Gasteiger partial charge in [0.25, 0.3) is 0 Å². The summed E-state index contributed by atoms with van der Waals surface area (Å²) < 4.78 is 0. The van der Waals surface area contributed by atoms with Crippen LogP contribution in [-0.2, 0) is 11.3 Å². The van der Waals surface area contributed by atoms with Gasteiger partial charge in [0.05, 0.1) is 12.5 Å². The maximum atomic E-state index is 12.3. The van der Waals surface area contributed by atoms with Crippen molar-refractivity contribution >= 4 is 12.0 Å². The predicted octanol–water partition coefficient (Wildman–Crippen LogP) is 0.317. The summed E-state index contributed by atoms with van der Waals surface area (Å²) in [6, 6.07) is -0.192. The number of carboxylic acids is 1. The molecule has 2 atom stereocenters. The lowest BCUT2D eigenvalue weighted by Crippen LogP contribution is -2.40. The second kappa shape index (κ2) is 5.48. The third-order valence-electron chi connectivity index (χ3n) is 3.55. The first-order chi connectivity index (χ1) is 9.38. The van der Waals surface area contributed by atoms with Gasteiger partial charge in [-0.3, -0.25) is 9.89 Å². The third kappa shape index (κ3) is 2.89. The first-order valence-corrected chi connectivity index (χ1v) is 6.49. The number of aromatic nitrogens is 3. The number of carbonyl (C=O) groups excluding carboxylic acids is 1. The van der Waals surface area contributed by atoms with Crippen LogP contribution >= 0.6 is 0 Å². The van der Waals surface area contributed by atoms with Crippen molar-refractivity contribution in [3.05, 3.63) is 11.6 Å². The van der Waals surface area contributed by atoms with Gasteiger partial charge in [-0.15, -0.1) is 0 Å². The lowest BCUT2D eigenvalue weighted by Gasteiger charge is -2.23. The summed E-state index contributed by atoms with van der Waals surface area (Å²) >= 11 is 0. The van der Waals surface area contributed by atoms with E-state index in [2.05, 4.69) is 15.2 Å². The molecule has 0 unspecified atom stereocenters. The monoisotopic (exact) mass is 281 g/mol. The highest BCUT2D eigenvalue weighted by molar-refractivity contribution is 5.77. The van der Waals surface area contributed by atoms with Crippen molar-refractivity contribution in [2.45, 2.75) is 20.4 Å². The molecule has 1 aliphatic heterocycles. The Hall–Kier alpha value is -2.12. The van der Waals surface area contributed by atoms with Gasteiger partial charge in [0.1, 0.15) is 5.82 Å². The molecule has 0 spiro atoms. The fourth-order valence-corrected chi connectivity index (χ4v) is 2.43. The highest BCUT2D eigenvalue weighted by Crippen LogP contribution is 2.24. The van der Waals surface area contributed by atoms with E-state index < -0.39 is 11.9 Å². The molecule has 0 bridgehead atoms. The number of nitrogens with one attached hydrogen (secondary N) is 1. The molecule has 1 aromatic rings. The molecule has 1 aliphatic rings. The smallest absolute Gasteiger partial charge is 0.320 e. The Morgan fingerprint density at radius 3 is 2.70 bits per heavy atom. The molecular formula is C12H19N5O3. The number of rotatable bonds is 3. The van der Waals surface area contributed by atoms with Crippen molar-refractivity contribution in [2.75, 3.05) is 20.1 Å². The minimum Gasteiger partial charge on any atom is -0.481 e. The molecule has 110 valence electrons. The molecule has 8 heteroatoms. The quantitative estimate of drug-likeness (QED) is 0.830. The Balaban J connectivity index is 1.96. The number of aryl methyl sites for hydroxylation is 1. The SMILES string of the molecule is Cc1nc(CN(C)C(=O)N2C[C@@H](C)[C@H](C(=O)O)C2)n[nH]1.